The van der Waals surface area contributed by atoms with Crippen LogP contribution in [-0.2, 0) is 9.53 Å². The van der Waals surface area contributed by atoms with E-state index in [0.717, 1.165) is 11.8 Å². The van der Waals surface area contributed by atoms with E-state index < -0.39 is 0 Å². The predicted molar refractivity (Wildman–Crippen MR) is 46.1 cm³/mol. The first-order chi connectivity index (χ1) is 5.75. The highest BCUT2D eigenvalue weighted by molar-refractivity contribution is 8.14. The molecule has 1 aliphatic heterocycles. The Balaban J connectivity index is 2.30. The molecule has 0 spiro atoms. The molecule has 0 radical (unpaired) electrons. The molecule has 0 aromatic heterocycles. The number of rotatable bonds is 4. The molecule has 1 rings (SSSR count). The molecule has 68 valence electrons. The van der Waals surface area contributed by atoms with E-state index in [1.165, 1.54) is 4.90 Å². The zero-order chi connectivity index (χ0) is 8.97. The van der Waals surface area contributed by atoms with Gasteiger partial charge >= 0.3 is 0 Å². The molecule has 0 unspecified atom stereocenters. The first kappa shape index (κ1) is 9.54. The zero-order valence-corrected chi connectivity index (χ0v) is 7.73. The van der Waals surface area contributed by atoms with Crippen LogP contribution in [0.4, 0.5) is 4.79 Å². The second-order valence-electron chi connectivity index (χ2n) is 2.45. The van der Waals surface area contributed by atoms with Gasteiger partial charge in [0.25, 0.3) is 5.24 Å². The number of nitrogens with zero attached hydrogens (tertiary/aromatic N) is 1. The van der Waals surface area contributed by atoms with E-state index >= 15 is 0 Å². The quantitative estimate of drug-likeness (QED) is 0.611. The molecule has 5 heteroatoms. The maximum absolute atomic E-state index is 11.0. The molecule has 0 aromatic rings. The minimum absolute atomic E-state index is 0.0823. The molecule has 0 atom stereocenters. The van der Waals surface area contributed by atoms with Gasteiger partial charge in [0, 0.05) is 20.3 Å². The van der Waals surface area contributed by atoms with Crippen LogP contribution in [0.15, 0.2) is 0 Å². The van der Waals surface area contributed by atoms with Crippen LogP contribution in [-0.4, -0.2) is 42.1 Å². The molecule has 1 heterocycles. The van der Waals surface area contributed by atoms with E-state index in [4.69, 9.17) is 4.74 Å². The zero-order valence-electron chi connectivity index (χ0n) is 6.91. The summed E-state index contributed by atoms with van der Waals surface area (Å²) < 4.78 is 4.82. The summed E-state index contributed by atoms with van der Waals surface area (Å²) in [6.45, 7) is 1.07. The highest BCUT2D eigenvalue weighted by atomic mass is 32.2. The van der Waals surface area contributed by atoms with Gasteiger partial charge < -0.3 is 4.74 Å². The third-order valence-electron chi connectivity index (χ3n) is 1.57. The van der Waals surface area contributed by atoms with E-state index in [2.05, 4.69) is 0 Å². The SMILES string of the molecule is COCCCN1C(=O)CSC1=O. The van der Waals surface area contributed by atoms with Crippen LogP contribution in [0.5, 0.6) is 0 Å². The van der Waals surface area contributed by atoms with Crippen LogP contribution in [0.2, 0.25) is 0 Å². The topological polar surface area (TPSA) is 46.6 Å². The summed E-state index contributed by atoms with van der Waals surface area (Å²) in [6.07, 6.45) is 0.717. The Kier molecular flexibility index (Phi) is 3.55. The second-order valence-corrected chi connectivity index (χ2v) is 3.37. The molecule has 1 aliphatic rings. The van der Waals surface area contributed by atoms with Crippen molar-refractivity contribution in [2.75, 3.05) is 26.0 Å². The maximum atomic E-state index is 11.0. The minimum Gasteiger partial charge on any atom is -0.385 e. The Morgan fingerprint density at radius 2 is 2.33 bits per heavy atom. The molecule has 12 heavy (non-hydrogen) atoms. The van der Waals surface area contributed by atoms with Crippen LogP contribution in [0.1, 0.15) is 6.42 Å². The number of thioether (sulfide) groups is 1. The summed E-state index contributed by atoms with van der Waals surface area (Å²) in [5, 5.41) is -0.129. The van der Waals surface area contributed by atoms with Gasteiger partial charge in [-0.1, -0.05) is 11.8 Å². The van der Waals surface area contributed by atoms with E-state index in [1.54, 1.807) is 7.11 Å². The molecule has 0 bridgehead atoms. The molecule has 0 aromatic carbocycles. The number of hydrogen-bond acceptors (Lipinski definition) is 4. The summed E-state index contributed by atoms with van der Waals surface area (Å²) in [4.78, 5) is 23.3. The number of ether oxygens (including phenoxy) is 1. The fourth-order valence-electron chi connectivity index (χ4n) is 0.964. The van der Waals surface area contributed by atoms with Crippen LogP contribution < -0.4 is 0 Å². The van der Waals surface area contributed by atoms with Crippen molar-refractivity contribution >= 4 is 22.9 Å². The smallest absolute Gasteiger partial charge is 0.288 e. The van der Waals surface area contributed by atoms with Crippen molar-refractivity contribution in [2.24, 2.45) is 0 Å². The lowest BCUT2D eigenvalue weighted by atomic mass is 10.4. The first-order valence-corrected chi connectivity index (χ1v) is 4.70. The summed E-state index contributed by atoms with van der Waals surface area (Å²) >= 11 is 1.07. The second kappa shape index (κ2) is 4.47. The standard InChI is InChI=1S/C7H11NO3S/c1-11-4-2-3-8-6(9)5-12-7(8)10/h2-5H2,1H3. The predicted octanol–water partition coefficient (Wildman–Crippen LogP) is 0.718. The van der Waals surface area contributed by atoms with Crippen molar-refractivity contribution in [3.63, 3.8) is 0 Å². The summed E-state index contributed by atoms with van der Waals surface area (Å²) in [7, 11) is 1.60. The van der Waals surface area contributed by atoms with Gasteiger partial charge in [-0.05, 0) is 6.42 Å². The number of methoxy groups -OCH3 is 1. The van der Waals surface area contributed by atoms with Crippen molar-refractivity contribution in [3.05, 3.63) is 0 Å². The van der Waals surface area contributed by atoms with E-state index in [1.807, 2.05) is 0 Å². The lowest BCUT2D eigenvalue weighted by Crippen LogP contribution is -2.30. The van der Waals surface area contributed by atoms with Gasteiger partial charge in [-0.15, -0.1) is 0 Å². The highest BCUT2D eigenvalue weighted by Crippen LogP contribution is 2.18. The molecule has 0 aliphatic carbocycles. The van der Waals surface area contributed by atoms with Gasteiger partial charge in [0.2, 0.25) is 5.91 Å². The van der Waals surface area contributed by atoms with Gasteiger partial charge in [-0.25, -0.2) is 0 Å². The Labute approximate surface area is 75.2 Å². The maximum Gasteiger partial charge on any atom is 0.288 e. The Morgan fingerprint density at radius 1 is 1.58 bits per heavy atom. The summed E-state index contributed by atoms with van der Waals surface area (Å²) in [5.41, 5.74) is 0. The van der Waals surface area contributed by atoms with Gasteiger partial charge in [-0.2, -0.15) is 0 Å². The first-order valence-electron chi connectivity index (χ1n) is 3.71. The van der Waals surface area contributed by atoms with E-state index in [9.17, 15) is 9.59 Å². The van der Waals surface area contributed by atoms with Crippen LogP contribution in [0.3, 0.4) is 0 Å². The lowest BCUT2D eigenvalue weighted by molar-refractivity contribution is -0.124. The van der Waals surface area contributed by atoms with Crippen LogP contribution >= 0.6 is 11.8 Å². The van der Waals surface area contributed by atoms with Gasteiger partial charge in [0.05, 0.1) is 5.75 Å². The molecule has 0 saturated carbocycles. The fourth-order valence-corrected chi connectivity index (χ4v) is 1.72. The number of carbonyl (C=O) groups excluding carboxylic acids is 2. The molecular weight excluding hydrogens is 178 g/mol. The minimum atomic E-state index is -0.129. The van der Waals surface area contributed by atoms with Gasteiger partial charge in [0.1, 0.15) is 0 Å². The largest absolute Gasteiger partial charge is 0.385 e. The Bertz CT molecular complexity index is 179. The molecule has 2 amide bonds. The fraction of sp³-hybridized carbons (Fsp3) is 0.714. The van der Waals surface area contributed by atoms with Crippen LogP contribution in [0, 0.1) is 0 Å². The Hall–Kier alpha value is -0.550. The van der Waals surface area contributed by atoms with Gasteiger partial charge in [-0.3, -0.25) is 14.5 Å². The number of amides is 2. The van der Waals surface area contributed by atoms with Crippen molar-refractivity contribution in [3.8, 4) is 0 Å². The number of hydrogen-bond donors (Lipinski definition) is 0. The third-order valence-corrected chi connectivity index (χ3v) is 2.43. The number of carbonyl (C=O) groups is 2. The van der Waals surface area contributed by atoms with E-state index in [0.29, 0.717) is 25.3 Å². The Morgan fingerprint density at radius 3 is 2.83 bits per heavy atom. The van der Waals surface area contributed by atoms with Gasteiger partial charge in [0.15, 0.2) is 0 Å². The van der Waals surface area contributed by atoms with Crippen molar-refractivity contribution in [2.45, 2.75) is 6.42 Å². The normalized spacial score (nSPS) is 17.6. The summed E-state index contributed by atoms with van der Waals surface area (Å²) in [6, 6.07) is 0. The average Bonchev–Trinajstić information content (AvgIpc) is 2.35. The molecule has 0 N–H and O–H groups in total. The van der Waals surface area contributed by atoms with Crippen molar-refractivity contribution in [1.82, 2.24) is 4.90 Å². The van der Waals surface area contributed by atoms with Crippen LogP contribution in [0.25, 0.3) is 0 Å². The monoisotopic (exact) mass is 189 g/mol. The molecule has 4 nitrogen and oxygen atoms in total. The van der Waals surface area contributed by atoms with Crippen molar-refractivity contribution in [1.29, 1.82) is 0 Å². The van der Waals surface area contributed by atoms with E-state index in [-0.39, 0.29) is 11.1 Å². The third kappa shape index (κ3) is 2.22. The molecule has 1 fully saturated rings. The lowest BCUT2D eigenvalue weighted by Gasteiger charge is -2.11. The molecule has 1 saturated heterocycles. The van der Waals surface area contributed by atoms with Crippen molar-refractivity contribution < 1.29 is 14.3 Å². The molecular formula is C7H11NO3S. The number of imide groups is 1. The highest BCUT2D eigenvalue weighted by Gasteiger charge is 2.28. The average molecular weight is 189 g/mol. The summed E-state index contributed by atoms with van der Waals surface area (Å²) in [5.74, 6) is 0.215.